The van der Waals surface area contributed by atoms with Gasteiger partial charge in [0, 0.05) is 42.7 Å². The Morgan fingerprint density at radius 1 is 1.00 bits per heavy atom. The Kier molecular flexibility index (Phi) is 5.38. The summed E-state index contributed by atoms with van der Waals surface area (Å²) in [5, 5.41) is 4.51. The summed E-state index contributed by atoms with van der Waals surface area (Å²) < 4.78 is 14.7. The summed E-state index contributed by atoms with van der Waals surface area (Å²) >= 11 is 0. The molecule has 0 amide bonds. The van der Waals surface area contributed by atoms with E-state index < -0.39 is 0 Å². The molecule has 7 heteroatoms. The topological polar surface area (TPSA) is 63.9 Å². The predicted molar refractivity (Wildman–Crippen MR) is 110 cm³/mol. The van der Waals surface area contributed by atoms with Gasteiger partial charge >= 0.3 is 0 Å². The van der Waals surface area contributed by atoms with Crippen LogP contribution in [-0.4, -0.2) is 32.8 Å². The molecule has 0 saturated carbocycles. The van der Waals surface area contributed by atoms with Gasteiger partial charge in [0.2, 0.25) is 5.95 Å². The molecule has 0 radical (unpaired) electrons. The van der Waals surface area contributed by atoms with Crippen LogP contribution in [0.1, 0.15) is 24.2 Å². The highest BCUT2D eigenvalue weighted by atomic mass is 19.1. The zero-order valence-corrected chi connectivity index (χ0v) is 16.7. The lowest BCUT2D eigenvalue weighted by atomic mass is 9.97. The van der Waals surface area contributed by atoms with E-state index in [1.165, 1.54) is 22.9 Å². The zero-order valence-electron chi connectivity index (χ0n) is 16.7. The standard InChI is InChI=1S/C22H24FN5O/c1-15-13-16(2)25-22(24-15)27-11-9-17(10-12-27)14-28-21(29)8-7-20(26-28)18-3-5-19(23)6-4-18/h3-8,13,17H,9-12,14H2,1-2H3. The third kappa shape index (κ3) is 4.50. The average molecular weight is 393 g/mol. The molecule has 0 unspecified atom stereocenters. The van der Waals surface area contributed by atoms with E-state index in [0.717, 1.165) is 48.8 Å². The minimum atomic E-state index is -0.290. The van der Waals surface area contributed by atoms with Crippen molar-refractivity contribution in [2.24, 2.45) is 5.92 Å². The van der Waals surface area contributed by atoms with Crippen molar-refractivity contribution in [3.8, 4) is 11.3 Å². The predicted octanol–water partition coefficient (Wildman–Crippen LogP) is 3.37. The SMILES string of the molecule is Cc1cc(C)nc(N2CCC(Cn3nc(-c4ccc(F)cc4)ccc3=O)CC2)n1. The van der Waals surface area contributed by atoms with Gasteiger partial charge in [-0.1, -0.05) is 0 Å². The van der Waals surface area contributed by atoms with Crippen molar-refractivity contribution in [2.45, 2.75) is 33.2 Å². The number of anilines is 1. The van der Waals surface area contributed by atoms with Crippen LogP contribution < -0.4 is 10.5 Å². The first kappa shape index (κ1) is 19.2. The third-order valence-electron chi connectivity index (χ3n) is 5.31. The molecule has 6 nitrogen and oxygen atoms in total. The van der Waals surface area contributed by atoms with Gasteiger partial charge < -0.3 is 4.90 Å². The van der Waals surface area contributed by atoms with Gasteiger partial charge in [0.15, 0.2) is 0 Å². The van der Waals surface area contributed by atoms with Crippen LogP contribution in [0.2, 0.25) is 0 Å². The van der Waals surface area contributed by atoms with Gasteiger partial charge in [-0.05, 0) is 69.0 Å². The van der Waals surface area contributed by atoms with E-state index in [0.29, 0.717) is 18.2 Å². The molecule has 3 heterocycles. The highest BCUT2D eigenvalue weighted by Gasteiger charge is 2.22. The first-order chi connectivity index (χ1) is 14.0. The molecule has 0 aliphatic carbocycles. The van der Waals surface area contributed by atoms with Gasteiger partial charge in [-0.2, -0.15) is 5.10 Å². The molecule has 1 fully saturated rings. The fraction of sp³-hybridized carbons (Fsp3) is 0.364. The van der Waals surface area contributed by atoms with Gasteiger partial charge in [-0.3, -0.25) is 4.79 Å². The van der Waals surface area contributed by atoms with Gasteiger partial charge in [-0.15, -0.1) is 0 Å². The van der Waals surface area contributed by atoms with Gasteiger partial charge in [0.05, 0.1) is 5.69 Å². The summed E-state index contributed by atoms with van der Waals surface area (Å²) in [5.74, 6) is 0.863. The van der Waals surface area contributed by atoms with E-state index in [2.05, 4.69) is 20.0 Å². The van der Waals surface area contributed by atoms with Crippen molar-refractivity contribution in [3.05, 3.63) is 70.0 Å². The first-order valence-electron chi connectivity index (χ1n) is 9.89. The number of benzene rings is 1. The molecule has 29 heavy (non-hydrogen) atoms. The molecular formula is C22H24FN5O. The molecule has 3 aromatic rings. The normalized spacial score (nSPS) is 14.9. The minimum absolute atomic E-state index is 0.115. The van der Waals surface area contributed by atoms with Crippen LogP contribution in [0.4, 0.5) is 10.3 Å². The molecule has 150 valence electrons. The maximum atomic E-state index is 13.2. The largest absolute Gasteiger partial charge is 0.341 e. The van der Waals surface area contributed by atoms with Crippen molar-refractivity contribution < 1.29 is 4.39 Å². The summed E-state index contributed by atoms with van der Waals surface area (Å²) in [6.45, 7) is 6.27. The highest BCUT2D eigenvalue weighted by Crippen LogP contribution is 2.22. The lowest BCUT2D eigenvalue weighted by Crippen LogP contribution is -2.37. The molecule has 0 spiro atoms. The summed E-state index contributed by atoms with van der Waals surface area (Å²) in [7, 11) is 0. The van der Waals surface area contributed by atoms with E-state index in [1.54, 1.807) is 18.2 Å². The van der Waals surface area contributed by atoms with Crippen LogP contribution >= 0.6 is 0 Å². The number of hydrogen-bond acceptors (Lipinski definition) is 5. The Bertz CT molecular complexity index is 1040. The fourth-order valence-electron chi connectivity index (χ4n) is 3.76. The van der Waals surface area contributed by atoms with Crippen LogP contribution in [0.5, 0.6) is 0 Å². The quantitative estimate of drug-likeness (QED) is 0.680. The Morgan fingerprint density at radius 2 is 1.66 bits per heavy atom. The number of piperidine rings is 1. The van der Waals surface area contributed by atoms with Crippen molar-refractivity contribution in [1.82, 2.24) is 19.7 Å². The lowest BCUT2D eigenvalue weighted by Gasteiger charge is -2.32. The molecule has 1 aliphatic heterocycles. The molecule has 0 bridgehead atoms. The Labute approximate surface area is 169 Å². The summed E-state index contributed by atoms with van der Waals surface area (Å²) in [4.78, 5) is 23.6. The van der Waals surface area contributed by atoms with Gasteiger partial charge in [0.25, 0.3) is 5.56 Å². The minimum Gasteiger partial charge on any atom is -0.341 e. The van der Waals surface area contributed by atoms with Crippen LogP contribution in [-0.2, 0) is 6.54 Å². The first-order valence-corrected chi connectivity index (χ1v) is 9.89. The highest BCUT2D eigenvalue weighted by molar-refractivity contribution is 5.57. The van der Waals surface area contributed by atoms with Crippen molar-refractivity contribution >= 4 is 5.95 Å². The second-order valence-electron chi connectivity index (χ2n) is 7.63. The number of aryl methyl sites for hydroxylation is 2. The van der Waals surface area contributed by atoms with E-state index in [4.69, 9.17) is 0 Å². The van der Waals surface area contributed by atoms with Gasteiger partial charge in [-0.25, -0.2) is 19.0 Å². The van der Waals surface area contributed by atoms with E-state index in [1.807, 2.05) is 19.9 Å². The third-order valence-corrected chi connectivity index (χ3v) is 5.31. The van der Waals surface area contributed by atoms with Gasteiger partial charge in [0.1, 0.15) is 5.82 Å². The molecule has 1 aliphatic rings. The summed E-state index contributed by atoms with van der Waals surface area (Å²) in [6, 6.07) is 11.3. The number of hydrogen-bond donors (Lipinski definition) is 0. The zero-order chi connectivity index (χ0) is 20.4. The second-order valence-corrected chi connectivity index (χ2v) is 7.63. The maximum absolute atomic E-state index is 13.2. The molecular weight excluding hydrogens is 369 g/mol. The van der Waals surface area contributed by atoms with Crippen LogP contribution in [0.15, 0.2) is 47.3 Å². The fourth-order valence-corrected chi connectivity index (χ4v) is 3.76. The lowest BCUT2D eigenvalue weighted by molar-refractivity contribution is 0.334. The number of nitrogens with zero attached hydrogens (tertiary/aromatic N) is 5. The number of halogens is 1. The van der Waals surface area contributed by atoms with Crippen molar-refractivity contribution in [3.63, 3.8) is 0 Å². The van der Waals surface area contributed by atoms with E-state index in [-0.39, 0.29) is 11.4 Å². The molecule has 2 aromatic heterocycles. The molecule has 0 N–H and O–H groups in total. The summed E-state index contributed by atoms with van der Waals surface area (Å²) in [5.41, 5.74) is 3.30. The van der Waals surface area contributed by atoms with Crippen LogP contribution in [0.3, 0.4) is 0 Å². The Hall–Kier alpha value is -3.09. The van der Waals surface area contributed by atoms with Crippen molar-refractivity contribution in [1.29, 1.82) is 0 Å². The number of rotatable bonds is 4. The molecule has 1 aromatic carbocycles. The Morgan fingerprint density at radius 3 is 2.31 bits per heavy atom. The van der Waals surface area contributed by atoms with Crippen LogP contribution in [0.25, 0.3) is 11.3 Å². The average Bonchev–Trinajstić information content (AvgIpc) is 2.70. The van der Waals surface area contributed by atoms with Crippen LogP contribution in [0, 0.1) is 25.6 Å². The number of aromatic nitrogens is 4. The maximum Gasteiger partial charge on any atom is 0.266 e. The van der Waals surface area contributed by atoms with E-state index >= 15 is 0 Å². The summed E-state index contributed by atoms with van der Waals surface area (Å²) in [6.07, 6.45) is 1.90. The molecule has 1 saturated heterocycles. The smallest absolute Gasteiger partial charge is 0.266 e. The monoisotopic (exact) mass is 393 g/mol. The molecule has 4 rings (SSSR count). The van der Waals surface area contributed by atoms with Crippen molar-refractivity contribution in [2.75, 3.05) is 18.0 Å². The second kappa shape index (κ2) is 8.11. The Balaban J connectivity index is 1.44. The van der Waals surface area contributed by atoms with E-state index in [9.17, 15) is 9.18 Å². The molecule has 0 atom stereocenters.